The Bertz CT molecular complexity index is 1140. The smallest absolute Gasteiger partial charge is 0.334 e. The van der Waals surface area contributed by atoms with Gasteiger partial charge in [-0.05, 0) is 30.5 Å². The van der Waals surface area contributed by atoms with Gasteiger partial charge in [0.25, 0.3) is 0 Å². The van der Waals surface area contributed by atoms with E-state index in [0.29, 0.717) is 17.8 Å². The second kappa shape index (κ2) is 7.33. The van der Waals surface area contributed by atoms with Crippen LogP contribution in [0.2, 0.25) is 0 Å². The maximum Gasteiger partial charge on any atom is 0.334 e. The van der Waals surface area contributed by atoms with E-state index < -0.39 is 0 Å². The van der Waals surface area contributed by atoms with Crippen LogP contribution in [0.15, 0.2) is 47.9 Å². The summed E-state index contributed by atoms with van der Waals surface area (Å²) in [5.74, 6) is 0. The van der Waals surface area contributed by atoms with Crippen LogP contribution in [-0.2, 0) is 6.54 Å². The quantitative estimate of drug-likeness (QED) is 0.755. The van der Waals surface area contributed by atoms with E-state index in [1.807, 2.05) is 24.3 Å². The lowest BCUT2D eigenvalue weighted by Gasteiger charge is -2.33. The molecule has 142 valence electrons. The largest absolute Gasteiger partial charge is 0.368 e. The number of pyridine rings is 1. The minimum atomic E-state index is -0.223. The van der Waals surface area contributed by atoms with Crippen molar-refractivity contribution in [2.24, 2.45) is 5.73 Å². The molecule has 2 N–H and O–H groups in total. The maximum absolute atomic E-state index is 13.1. The van der Waals surface area contributed by atoms with Gasteiger partial charge in [-0.25, -0.2) is 9.78 Å². The molecule has 1 saturated heterocycles. The van der Waals surface area contributed by atoms with Crippen molar-refractivity contribution >= 4 is 23.1 Å². The number of benzene rings is 1. The fourth-order valence-electron chi connectivity index (χ4n) is 3.92. The predicted octanol–water partition coefficient (Wildman–Crippen LogP) is 2.15. The Labute approximate surface area is 162 Å². The first-order chi connectivity index (χ1) is 13.6. The number of aromatic nitrogens is 3. The number of hydrogen-bond donors (Lipinski definition) is 1. The predicted molar refractivity (Wildman–Crippen MR) is 110 cm³/mol. The summed E-state index contributed by atoms with van der Waals surface area (Å²) in [4.78, 5) is 19.8. The van der Waals surface area contributed by atoms with Crippen molar-refractivity contribution in [2.45, 2.75) is 25.4 Å². The molecule has 4 rings (SSSR count). The number of nitriles is 1. The number of piperidine rings is 1. The number of anilines is 1. The molecular weight excluding hydrogens is 352 g/mol. The van der Waals surface area contributed by atoms with E-state index in [1.165, 1.54) is 10.8 Å². The molecule has 0 radical (unpaired) electrons. The summed E-state index contributed by atoms with van der Waals surface area (Å²) in [6.45, 7) is 5.69. The van der Waals surface area contributed by atoms with Crippen LogP contribution in [0.3, 0.4) is 0 Å². The lowest BCUT2D eigenvalue weighted by Crippen LogP contribution is -2.43. The Morgan fingerprint density at radius 3 is 2.93 bits per heavy atom. The van der Waals surface area contributed by atoms with Crippen LogP contribution in [0.1, 0.15) is 24.0 Å². The first kappa shape index (κ1) is 18.0. The molecule has 1 aliphatic heterocycles. The van der Waals surface area contributed by atoms with Crippen molar-refractivity contribution in [3.05, 3.63) is 64.7 Å². The third-order valence-corrected chi connectivity index (χ3v) is 5.27. The molecule has 3 aromatic rings. The van der Waals surface area contributed by atoms with Gasteiger partial charge in [0.2, 0.25) is 0 Å². The summed E-state index contributed by atoms with van der Waals surface area (Å²) in [6, 6.07) is 11.6. The summed E-state index contributed by atoms with van der Waals surface area (Å²) in [5, 5.41) is 9.42. The number of fused-ring (bicyclic) bond motifs is 1. The average Bonchev–Trinajstić information content (AvgIpc) is 2.99. The van der Waals surface area contributed by atoms with Crippen molar-refractivity contribution in [1.29, 1.82) is 5.26 Å². The lowest BCUT2D eigenvalue weighted by atomic mass is 10.1. The van der Waals surface area contributed by atoms with Crippen LogP contribution in [0.25, 0.3) is 17.4 Å². The van der Waals surface area contributed by atoms with Crippen LogP contribution in [0.4, 0.5) is 5.69 Å². The Kier molecular flexibility index (Phi) is 4.72. The van der Waals surface area contributed by atoms with E-state index in [4.69, 9.17) is 5.73 Å². The topological polar surface area (TPSA) is 92.9 Å². The van der Waals surface area contributed by atoms with Crippen LogP contribution < -0.4 is 16.3 Å². The molecule has 7 nitrogen and oxygen atoms in total. The van der Waals surface area contributed by atoms with E-state index in [9.17, 15) is 10.1 Å². The molecule has 1 aliphatic rings. The second-order valence-electron chi connectivity index (χ2n) is 7.04. The normalized spacial score (nSPS) is 16.9. The molecule has 2 aromatic heterocycles. The van der Waals surface area contributed by atoms with Crippen molar-refractivity contribution < 1.29 is 0 Å². The number of nitrogens with zero attached hydrogens (tertiary/aromatic N) is 5. The van der Waals surface area contributed by atoms with E-state index in [-0.39, 0.29) is 11.7 Å². The third kappa shape index (κ3) is 2.98. The Hall–Kier alpha value is -3.37. The van der Waals surface area contributed by atoms with Crippen molar-refractivity contribution in [1.82, 2.24) is 14.1 Å². The molecular formula is C21H22N6O. The highest BCUT2D eigenvalue weighted by Gasteiger charge is 2.23. The van der Waals surface area contributed by atoms with E-state index >= 15 is 0 Å². The summed E-state index contributed by atoms with van der Waals surface area (Å²) in [6.07, 6.45) is 5.20. The summed E-state index contributed by atoms with van der Waals surface area (Å²) in [7, 11) is 0. The molecule has 7 heteroatoms. The minimum absolute atomic E-state index is 0.109. The molecule has 1 fully saturated rings. The van der Waals surface area contributed by atoms with Crippen molar-refractivity contribution in [3.63, 3.8) is 0 Å². The molecule has 3 heterocycles. The molecule has 1 atom stereocenters. The Morgan fingerprint density at radius 1 is 1.36 bits per heavy atom. The highest BCUT2D eigenvalue weighted by atomic mass is 16.1. The standard InChI is InChI=1S/C21H22N6O/c1-2-26-20-19(18(9-10-24-20)25-11-5-8-17(23)14-25)27(21(26)28)13-16-7-4-3-6-15(16)12-22/h2-4,6-7,9-10,17H,1,5,8,11,13-14,23H2/t17-/m1/s1. The maximum atomic E-state index is 13.1. The lowest BCUT2D eigenvalue weighted by molar-refractivity contribution is 0.506. The van der Waals surface area contributed by atoms with Gasteiger partial charge in [0.05, 0.1) is 23.9 Å². The van der Waals surface area contributed by atoms with E-state index in [0.717, 1.165) is 42.7 Å². The zero-order valence-electron chi connectivity index (χ0n) is 15.6. The third-order valence-electron chi connectivity index (χ3n) is 5.27. The number of hydrogen-bond acceptors (Lipinski definition) is 5. The van der Waals surface area contributed by atoms with Gasteiger partial charge in [-0.15, -0.1) is 0 Å². The van der Waals surface area contributed by atoms with Crippen LogP contribution in [0, 0.1) is 11.3 Å². The highest BCUT2D eigenvalue weighted by molar-refractivity contribution is 5.88. The highest BCUT2D eigenvalue weighted by Crippen LogP contribution is 2.28. The molecule has 0 spiro atoms. The average molecular weight is 374 g/mol. The van der Waals surface area contributed by atoms with Gasteiger partial charge in [-0.1, -0.05) is 24.8 Å². The SMILES string of the molecule is C=Cn1c(=O)n(Cc2ccccc2C#N)c2c(N3CCC[C@@H](N)C3)ccnc21. The monoisotopic (exact) mass is 374 g/mol. The first-order valence-electron chi connectivity index (χ1n) is 9.35. The molecule has 28 heavy (non-hydrogen) atoms. The summed E-state index contributed by atoms with van der Waals surface area (Å²) < 4.78 is 3.13. The number of rotatable bonds is 4. The van der Waals surface area contributed by atoms with Gasteiger partial charge in [0, 0.05) is 31.5 Å². The minimum Gasteiger partial charge on any atom is -0.368 e. The van der Waals surface area contributed by atoms with Gasteiger partial charge in [0.1, 0.15) is 5.52 Å². The fraction of sp³-hybridized carbons (Fsp3) is 0.286. The van der Waals surface area contributed by atoms with E-state index in [2.05, 4.69) is 22.5 Å². The van der Waals surface area contributed by atoms with Gasteiger partial charge >= 0.3 is 5.69 Å². The molecule has 0 bridgehead atoms. The molecule has 0 unspecified atom stereocenters. The first-order valence-corrected chi connectivity index (χ1v) is 9.35. The van der Waals surface area contributed by atoms with Gasteiger partial charge < -0.3 is 10.6 Å². The summed E-state index contributed by atoms with van der Waals surface area (Å²) in [5.41, 5.74) is 9.55. The molecule has 0 amide bonds. The zero-order chi connectivity index (χ0) is 19.7. The van der Waals surface area contributed by atoms with E-state index in [1.54, 1.807) is 16.8 Å². The zero-order valence-corrected chi connectivity index (χ0v) is 15.6. The second-order valence-corrected chi connectivity index (χ2v) is 7.04. The van der Waals surface area contributed by atoms with Crippen LogP contribution in [-0.4, -0.2) is 33.2 Å². The van der Waals surface area contributed by atoms with Crippen molar-refractivity contribution in [3.8, 4) is 6.07 Å². The fourth-order valence-corrected chi connectivity index (χ4v) is 3.92. The Morgan fingerprint density at radius 2 is 2.18 bits per heavy atom. The molecule has 1 aromatic carbocycles. The summed E-state index contributed by atoms with van der Waals surface area (Å²) >= 11 is 0. The Balaban J connectivity index is 1.92. The number of nitrogens with two attached hydrogens (primary N) is 1. The molecule has 0 aliphatic carbocycles. The molecule has 0 saturated carbocycles. The van der Waals surface area contributed by atoms with Crippen molar-refractivity contribution in [2.75, 3.05) is 18.0 Å². The van der Waals surface area contributed by atoms with Gasteiger partial charge in [-0.2, -0.15) is 5.26 Å². The van der Waals surface area contributed by atoms with Crippen LogP contribution >= 0.6 is 0 Å². The van der Waals surface area contributed by atoms with Gasteiger partial charge in [0.15, 0.2) is 5.65 Å². The van der Waals surface area contributed by atoms with Crippen LogP contribution in [0.5, 0.6) is 0 Å². The number of imidazole rings is 1. The van der Waals surface area contributed by atoms with Gasteiger partial charge in [-0.3, -0.25) is 9.13 Å².